The largest absolute Gasteiger partial charge is 0.384 e. The van der Waals surface area contributed by atoms with Gasteiger partial charge in [0, 0.05) is 60.6 Å². The van der Waals surface area contributed by atoms with Crippen LogP contribution in [0.4, 0.5) is 10.1 Å². The van der Waals surface area contributed by atoms with E-state index in [1.54, 1.807) is 6.07 Å². The summed E-state index contributed by atoms with van der Waals surface area (Å²) in [5.74, 6) is 0.811. The molecular formula is C34H36Cl2FN5O. The predicted molar refractivity (Wildman–Crippen MR) is 172 cm³/mol. The molecule has 224 valence electrons. The summed E-state index contributed by atoms with van der Waals surface area (Å²) in [5, 5.41) is 4.63. The normalized spacial score (nSPS) is 16.7. The second-order valence-corrected chi connectivity index (χ2v) is 12.2. The van der Waals surface area contributed by atoms with E-state index in [1.807, 2.05) is 71.0 Å². The van der Waals surface area contributed by atoms with E-state index in [9.17, 15) is 9.18 Å². The Labute approximate surface area is 262 Å². The smallest absolute Gasteiger partial charge is 0.274 e. The molecule has 6 nitrogen and oxygen atoms in total. The Morgan fingerprint density at radius 3 is 2.51 bits per heavy atom. The zero-order valence-corrected chi connectivity index (χ0v) is 25.8. The molecule has 9 heteroatoms. The highest BCUT2D eigenvalue weighted by Gasteiger charge is 2.29. The van der Waals surface area contributed by atoms with Crippen LogP contribution in [0.2, 0.25) is 10.0 Å². The van der Waals surface area contributed by atoms with Gasteiger partial charge in [-0.25, -0.2) is 9.37 Å². The molecule has 3 heterocycles. The van der Waals surface area contributed by atoms with Crippen LogP contribution in [-0.4, -0.2) is 64.5 Å². The number of rotatable bonds is 9. The number of nitrogens with one attached hydrogen (secondary N) is 1. The van der Waals surface area contributed by atoms with E-state index in [4.69, 9.17) is 28.2 Å². The Morgan fingerprint density at radius 2 is 1.77 bits per heavy atom. The number of benzene rings is 3. The first-order chi connectivity index (χ1) is 20.9. The highest BCUT2D eigenvalue weighted by atomic mass is 35.5. The summed E-state index contributed by atoms with van der Waals surface area (Å²) < 4.78 is 15.8. The standard InChI is InChI=1S/C34H36Cl2FN5O/c1-2-31-32(39-33(27-8-3-4-9-29(27)36)42(31)26-13-10-24(35)11-14-26)34(43)41-19-17-40(18-20-41)16-6-5-7-23-22-38-30-15-12-25(37)21-28(23)30/h3-4,8-15,21,23,38H,2,5-7,16-20,22H2,1H3. The number of fused-ring (bicyclic) bond motifs is 1. The first kappa shape index (κ1) is 29.7. The molecule has 1 N–H and O–H groups in total. The third kappa shape index (κ3) is 6.30. The van der Waals surface area contributed by atoms with E-state index in [1.165, 1.54) is 6.07 Å². The Balaban J connectivity index is 1.11. The topological polar surface area (TPSA) is 53.4 Å². The fourth-order valence-corrected chi connectivity index (χ4v) is 6.67. The molecule has 0 bridgehead atoms. The number of halogens is 3. The number of carbonyl (C=O) groups is 1. The number of carbonyl (C=O) groups excluding carboxylic acids is 1. The second-order valence-electron chi connectivity index (χ2n) is 11.3. The molecule has 1 aromatic heterocycles. The van der Waals surface area contributed by atoms with Gasteiger partial charge in [0.05, 0.1) is 10.7 Å². The van der Waals surface area contributed by atoms with Gasteiger partial charge in [0.25, 0.3) is 5.91 Å². The lowest BCUT2D eigenvalue weighted by Crippen LogP contribution is -2.49. The van der Waals surface area contributed by atoms with Crippen molar-refractivity contribution in [2.45, 2.75) is 38.5 Å². The van der Waals surface area contributed by atoms with Crippen LogP contribution in [0.5, 0.6) is 0 Å². The number of piperazine rings is 1. The predicted octanol–water partition coefficient (Wildman–Crippen LogP) is 7.69. The van der Waals surface area contributed by atoms with Gasteiger partial charge in [-0.15, -0.1) is 0 Å². The number of hydrogen-bond acceptors (Lipinski definition) is 4. The van der Waals surface area contributed by atoms with Gasteiger partial charge in [-0.05, 0) is 86.0 Å². The van der Waals surface area contributed by atoms with Crippen molar-refractivity contribution in [2.75, 3.05) is 44.6 Å². The number of hydrogen-bond donors (Lipinski definition) is 1. The highest BCUT2D eigenvalue weighted by Crippen LogP contribution is 2.35. The van der Waals surface area contributed by atoms with E-state index in [2.05, 4.69) is 10.2 Å². The average molecular weight is 621 g/mol. The van der Waals surface area contributed by atoms with Crippen molar-refractivity contribution in [3.63, 3.8) is 0 Å². The maximum absolute atomic E-state index is 13.9. The summed E-state index contributed by atoms with van der Waals surface area (Å²) >= 11 is 12.8. The van der Waals surface area contributed by atoms with Crippen molar-refractivity contribution in [3.05, 3.63) is 99.5 Å². The fraction of sp³-hybridized carbons (Fsp3) is 0.353. The Bertz CT molecular complexity index is 1600. The first-order valence-electron chi connectivity index (χ1n) is 15.1. The van der Waals surface area contributed by atoms with Crippen molar-refractivity contribution in [3.8, 4) is 17.1 Å². The maximum Gasteiger partial charge on any atom is 0.274 e. The van der Waals surface area contributed by atoms with Crippen LogP contribution in [0, 0.1) is 5.82 Å². The lowest BCUT2D eigenvalue weighted by atomic mass is 9.95. The Morgan fingerprint density at radius 1 is 1.00 bits per heavy atom. The minimum absolute atomic E-state index is 0.0443. The number of amides is 1. The summed E-state index contributed by atoms with van der Waals surface area (Å²) in [6.45, 7) is 6.92. The fourth-order valence-electron chi connectivity index (χ4n) is 6.33. The average Bonchev–Trinajstić information content (AvgIpc) is 3.61. The van der Waals surface area contributed by atoms with Gasteiger partial charge < -0.3 is 10.2 Å². The van der Waals surface area contributed by atoms with Gasteiger partial charge in [0.1, 0.15) is 11.6 Å². The van der Waals surface area contributed by atoms with Crippen LogP contribution in [0.3, 0.4) is 0 Å². The van der Waals surface area contributed by atoms with Gasteiger partial charge in [-0.2, -0.15) is 0 Å². The number of unbranched alkanes of at least 4 members (excludes halogenated alkanes) is 1. The third-order valence-corrected chi connectivity index (χ3v) is 9.22. The van der Waals surface area contributed by atoms with Crippen molar-refractivity contribution in [2.24, 2.45) is 0 Å². The summed E-state index contributed by atoms with van der Waals surface area (Å²) in [5.41, 5.74) is 5.16. The van der Waals surface area contributed by atoms with Gasteiger partial charge >= 0.3 is 0 Å². The van der Waals surface area contributed by atoms with Gasteiger partial charge in [-0.3, -0.25) is 14.3 Å². The van der Waals surface area contributed by atoms with Crippen molar-refractivity contribution in [1.29, 1.82) is 0 Å². The van der Waals surface area contributed by atoms with Gasteiger partial charge in [-0.1, -0.05) is 48.7 Å². The van der Waals surface area contributed by atoms with E-state index in [-0.39, 0.29) is 11.7 Å². The number of aromatic nitrogens is 2. The van der Waals surface area contributed by atoms with Crippen molar-refractivity contribution < 1.29 is 9.18 Å². The molecule has 43 heavy (non-hydrogen) atoms. The quantitative estimate of drug-likeness (QED) is 0.195. The summed E-state index contributed by atoms with van der Waals surface area (Å²) in [7, 11) is 0. The molecule has 0 radical (unpaired) electrons. The minimum Gasteiger partial charge on any atom is -0.384 e. The summed E-state index contributed by atoms with van der Waals surface area (Å²) in [4.78, 5) is 23.2. The van der Waals surface area contributed by atoms with Crippen LogP contribution >= 0.6 is 23.2 Å². The molecule has 2 aliphatic rings. The molecular weight excluding hydrogens is 584 g/mol. The van der Waals surface area contributed by atoms with Crippen LogP contribution in [0.15, 0.2) is 66.7 Å². The van der Waals surface area contributed by atoms with Crippen LogP contribution in [0.1, 0.15) is 53.8 Å². The van der Waals surface area contributed by atoms with Crippen LogP contribution in [-0.2, 0) is 6.42 Å². The zero-order valence-electron chi connectivity index (χ0n) is 24.3. The van der Waals surface area contributed by atoms with Crippen molar-refractivity contribution in [1.82, 2.24) is 19.4 Å². The summed E-state index contributed by atoms with van der Waals surface area (Å²) in [6.07, 6.45) is 3.86. The lowest BCUT2D eigenvalue weighted by molar-refractivity contribution is 0.0628. The molecule has 0 aliphatic carbocycles. The van der Waals surface area contributed by atoms with E-state index >= 15 is 0 Å². The molecule has 1 amide bonds. The first-order valence-corrected chi connectivity index (χ1v) is 15.9. The van der Waals surface area contributed by atoms with Crippen LogP contribution in [0.25, 0.3) is 17.1 Å². The number of nitrogens with zero attached hydrogens (tertiary/aromatic N) is 4. The van der Waals surface area contributed by atoms with Crippen LogP contribution < -0.4 is 5.32 Å². The van der Waals surface area contributed by atoms with E-state index in [0.717, 1.165) is 73.6 Å². The van der Waals surface area contributed by atoms with E-state index in [0.29, 0.717) is 47.0 Å². The molecule has 4 aromatic rings. The summed E-state index contributed by atoms with van der Waals surface area (Å²) in [6, 6.07) is 20.2. The monoisotopic (exact) mass is 619 g/mol. The molecule has 3 aromatic carbocycles. The zero-order chi connectivity index (χ0) is 29.9. The Hall–Kier alpha value is -3.39. The van der Waals surface area contributed by atoms with Gasteiger partial charge in [0.15, 0.2) is 5.69 Å². The lowest BCUT2D eigenvalue weighted by Gasteiger charge is -2.34. The number of anilines is 1. The maximum atomic E-state index is 13.9. The third-order valence-electron chi connectivity index (χ3n) is 8.64. The van der Waals surface area contributed by atoms with Gasteiger partial charge in [0.2, 0.25) is 0 Å². The molecule has 0 saturated carbocycles. The molecule has 1 atom stereocenters. The van der Waals surface area contributed by atoms with Crippen molar-refractivity contribution >= 4 is 34.8 Å². The highest BCUT2D eigenvalue weighted by molar-refractivity contribution is 6.33. The van der Waals surface area contributed by atoms with E-state index < -0.39 is 0 Å². The minimum atomic E-state index is -0.164. The number of imidazole rings is 1. The molecule has 1 unspecified atom stereocenters. The molecule has 6 rings (SSSR count). The Kier molecular flexibility index (Phi) is 9.03. The SMILES string of the molecule is CCc1c(C(=O)N2CCN(CCCCC3CNc4ccc(F)cc43)CC2)nc(-c2ccccc2Cl)n1-c1ccc(Cl)cc1. The molecule has 1 saturated heterocycles. The second kappa shape index (κ2) is 13.1. The molecule has 2 aliphatic heterocycles. The molecule has 1 fully saturated rings. The molecule has 0 spiro atoms.